The first-order chi connectivity index (χ1) is 17.6. The first kappa shape index (κ1) is 27.8. The van der Waals surface area contributed by atoms with Crippen LogP contribution in [0.4, 0.5) is 17.6 Å². The van der Waals surface area contributed by atoms with E-state index in [-0.39, 0.29) is 36.5 Å². The summed E-state index contributed by atoms with van der Waals surface area (Å²) in [7, 11) is 0. The number of ether oxygens (including phenoxy) is 1. The molecule has 12 heteroatoms. The number of Topliss-reactive ketones (excluding diaryl/α,β-unsaturated/α-hetero) is 2. The Balaban J connectivity index is 1.54. The zero-order valence-corrected chi connectivity index (χ0v) is 19.6. The number of pyridine rings is 1. The van der Waals surface area contributed by atoms with Crippen LogP contribution in [0.25, 0.3) is 0 Å². The normalized spacial score (nSPS) is 14.8. The van der Waals surface area contributed by atoms with E-state index < -0.39 is 59.7 Å². The van der Waals surface area contributed by atoms with E-state index in [1.54, 1.807) is 17.0 Å². The molecule has 1 atom stereocenters. The number of carboxylic acid groups (broad SMARTS) is 1. The van der Waals surface area contributed by atoms with Crippen LogP contribution in [0.5, 0.6) is 5.75 Å². The summed E-state index contributed by atoms with van der Waals surface area (Å²) >= 11 is 0. The molecule has 1 aromatic carbocycles. The molecule has 0 saturated carbocycles. The van der Waals surface area contributed by atoms with Crippen molar-refractivity contribution in [3.63, 3.8) is 0 Å². The molecule has 1 aromatic heterocycles. The fourth-order valence-electron chi connectivity index (χ4n) is 4.13. The summed E-state index contributed by atoms with van der Waals surface area (Å²) in [5.74, 6) is -12.7. The largest absolute Gasteiger partial charge is 0.481 e. The molecule has 0 unspecified atom stereocenters. The second kappa shape index (κ2) is 12.4. The van der Waals surface area contributed by atoms with Crippen LogP contribution >= 0.6 is 0 Å². The number of amides is 1. The van der Waals surface area contributed by atoms with Gasteiger partial charge in [0.05, 0.1) is 6.42 Å². The number of carbonyl (C=O) groups is 4. The minimum atomic E-state index is -1.83. The van der Waals surface area contributed by atoms with E-state index in [9.17, 15) is 36.7 Å². The molecule has 0 bridgehead atoms. The zero-order valence-electron chi connectivity index (χ0n) is 19.6. The van der Waals surface area contributed by atoms with E-state index >= 15 is 0 Å². The second-order valence-electron chi connectivity index (χ2n) is 8.65. The molecule has 8 nitrogen and oxygen atoms in total. The lowest BCUT2D eigenvalue weighted by atomic mass is 9.86. The second-order valence-corrected chi connectivity index (χ2v) is 8.65. The van der Waals surface area contributed by atoms with Crippen LogP contribution in [0.3, 0.4) is 0 Å². The number of aliphatic carboxylic acids is 1. The highest BCUT2D eigenvalue weighted by Crippen LogP contribution is 2.27. The van der Waals surface area contributed by atoms with Gasteiger partial charge in [0.25, 0.3) is 5.91 Å². The maximum atomic E-state index is 13.8. The van der Waals surface area contributed by atoms with E-state index in [2.05, 4.69) is 9.72 Å². The number of halogens is 4. The van der Waals surface area contributed by atoms with Crippen molar-refractivity contribution in [2.75, 3.05) is 19.7 Å². The number of aromatic nitrogens is 1. The molecule has 3 rings (SSSR count). The molecule has 1 amide bonds. The molecular formula is C25H24F4N2O6. The summed E-state index contributed by atoms with van der Waals surface area (Å²) < 4.78 is 58.8. The Bertz CT molecular complexity index is 1140. The van der Waals surface area contributed by atoms with Crippen LogP contribution in [0.1, 0.15) is 42.5 Å². The summed E-state index contributed by atoms with van der Waals surface area (Å²) in [5, 5.41) is 9.13. The molecule has 0 aliphatic carbocycles. The number of likely N-dealkylation sites (tertiary alicyclic amines) is 1. The fourth-order valence-corrected chi connectivity index (χ4v) is 4.13. The van der Waals surface area contributed by atoms with Crippen LogP contribution in [0.2, 0.25) is 0 Å². The molecule has 0 spiro atoms. The number of carbonyl (C=O) groups excluding carboxylic acids is 3. The van der Waals surface area contributed by atoms with Crippen molar-refractivity contribution in [2.24, 2.45) is 11.8 Å². The SMILES string of the molecule is O=C(O)C[C@H](CCC(=O)C1CCN(C(=O)c2ccncc2)CC1)C(=O)COc1c(F)c(F)cc(F)c1F. The number of hydrogen-bond donors (Lipinski definition) is 1. The van der Waals surface area contributed by atoms with E-state index in [0.717, 1.165) is 0 Å². The lowest BCUT2D eigenvalue weighted by molar-refractivity contribution is -0.141. The molecule has 1 aliphatic heterocycles. The van der Waals surface area contributed by atoms with Gasteiger partial charge in [-0.3, -0.25) is 24.2 Å². The number of nitrogens with zero attached hydrogens (tertiary/aromatic N) is 2. The molecule has 1 N–H and O–H groups in total. The lowest BCUT2D eigenvalue weighted by Gasteiger charge is -2.31. The number of ketones is 2. The molecule has 1 aliphatic rings. The fraction of sp³-hybridized carbons (Fsp3) is 0.400. The van der Waals surface area contributed by atoms with Crippen LogP contribution in [0.15, 0.2) is 30.6 Å². The first-order valence-electron chi connectivity index (χ1n) is 11.5. The minimum Gasteiger partial charge on any atom is -0.481 e. The van der Waals surface area contributed by atoms with Gasteiger partial charge in [-0.2, -0.15) is 8.78 Å². The van der Waals surface area contributed by atoms with E-state index in [0.29, 0.717) is 31.5 Å². The summed E-state index contributed by atoms with van der Waals surface area (Å²) in [6, 6.07) is 3.17. The predicted octanol–water partition coefficient (Wildman–Crippen LogP) is 3.58. The highest BCUT2D eigenvalue weighted by Gasteiger charge is 2.30. The molecule has 2 heterocycles. The van der Waals surface area contributed by atoms with Gasteiger partial charge in [0, 0.05) is 55.4 Å². The Labute approximate surface area is 209 Å². The van der Waals surface area contributed by atoms with Crippen LogP contribution in [-0.4, -0.2) is 58.1 Å². The third kappa shape index (κ3) is 7.11. The molecule has 198 valence electrons. The maximum absolute atomic E-state index is 13.8. The zero-order chi connectivity index (χ0) is 27.1. The standard InChI is InChI=1S/C25H24F4N2O6/c26-17-12-18(27)23(29)24(22(17)28)37-13-20(33)16(11-21(34)35)1-2-19(32)14-5-9-31(10-6-14)25(36)15-3-7-30-8-4-15/h3-4,7-8,12,14,16H,1-2,5-6,9-11,13H2,(H,34,35)/t16-/m0/s1. The lowest BCUT2D eigenvalue weighted by Crippen LogP contribution is -2.40. The van der Waals surface area contributed by atoms with Crippen LogP contribution in [-0.2, 0) is 14.4 Å². The number of hydrogen-bond acceptors (Lipinski definition) is 6. The monoisotopic (exact) mass is 524 g/mol. The molecule has 2 aromatic rings. The van der Waals surface area contributed by atoms with Crippen molar-refractivity contribution in [3.05, 3.63) is 59.4 Å². The number of carboxylic acids is 1. The number of benzene rings is 1. The first-order valence-corrected chi connectivity index (χ1v) is 11.5. The van der Waals surface area contributed by atoms with Gasteiger partial charge in [-0.1, -0.05) is 0 Å². The topological polar surface area (TPSA) is 114 Å². The Hall–Kier alpha value is -3.83. The highest BCUT2D eigenvalue weighted by molar-refractivity contribution is 5.94. The van der Waals surface area contributed by atoms with Crippen molar-refractivity contribution < 1.29 is 46.6 Å². The molecule has 1 fully saturated rings. The average Bonchev–Trinajstić information content (AvgIpc) is 2.89. The summed E-state index contributed by atoms with van der Waals surface area (Å²) in [4.78, 5) is 54.5. The van der Waals surface area contributed by atoms with Gasteiger partial charge < -0.3 is 14.7 Å². The molecule has 37 heavy (non-hydrogen) atoms. The number of rotatable bonds is 11. The Morgan fingerprint density at radius 1 is 1.03 bits per heavy atom. The van der Waals surface area contributed by atoms with Gasteiger partial charge in [-0.25, -0.2) is 8.78 Å². The third-order valence-electron chi connectivity index (χ3n) is 6.21. The highest BCUT2D eigenvalue weighted by atomic mass is 19.2. The Kier molecular flexibility index (Phi) is 9.31. The van der Waals surface area contributed by atoms with Crippen molar-refractivity contribution in [3.8, 4) is 5.75 Å². The summed E-state index contributed by atoms with van der Waals surface area (Å²) in [6.07, 6.45) is 2.85. The number of piperidine rings is 1. The quantitative estimate of drug-likeness (QED) is 0.353. The molecule has 0 radical (unpaired) electrons. The molecule has 1 saturated heterocycles. The average molecular weight is 524 g/mol. The van der Waals surface area contributed by atoms with E-state index in [4.69, 9.17) is 5.11 Å². The van der Waals surface area contributed by atoms with Crippen molar-refractivity contribution >= 4 is 23.4 Å². The van der Waals surface area contributed by atoms with Crippen molar-refractivity contribution in [1.82, 2.24) is 9.88 Å². The predicted molar refractivity (Wildman–Crippen MR) is 120 cm³/mol. The van der Waals surface area contributed by atoms with Gasteiger partial charge in [0.1, 0.15) is 12.4 Å². The van der Waals surface area contributed by atoms with Gasteiger partial charge in [0.15, 0.2) is 23.2 Å². The van der Waals surface area contributed by atoms with Crippen molar-refractivity contribution in [1.29, 1.82) is 0 Å². The van der Waals surface area contributed by atoms with Gasteiger partial charge in [-0.15, -0.1) is 0 Å². The third-order valence-corrected chi connectivity index (χ3v) is 6.21. The van der Waals surface area contributed by atoms with E-state index in [1.165, 1.54) is 12.4 Å². The Morgan fingerprint density at radius 2 is 1.62 bits per heavy atom. The maximum Gasteiger partial charge on any atom is 0.304 e. The molecular weight excluding hydrogens is 500 g/mol. The smallest absolute Gasteiger partial charge is 0.304 e. The minimum absolute atomic E-state index is 0.0161. The van der Waals surface area contributed by atoms with E-state index in [1.807, 2.05) is 0 Å². The van der Waals surface area contributed by atoms with Gasteiger partial charge in [-0.05, 0) is 31.4 Å². The van der Waals surface area contributed by atoms with Crippen LogP contribution in [0, 0.1) is 35.1 Å². The van der Waals surface area contributed by atoms with Gasteiger partial charge in [0.2, 0.25) is 11.6 Å². The van der Waals surface area contributed by atoms with Crippen LogP contribution < -0.4 is 4.74 Å². The summed E-state index contributed by atoms with van der Waals surface area (Å²) in [5.41, 5.74) is 0.484. The van der Waals surface area contributed by atoms with Crippen molar-refractivity contribution in [2.45, 2.75) is 32.1 Å². The van der Waals surface area contributed by atoms with Gasteiger partial charge >= 0.3 is 5.97 Å². The Morgan fingerprint density at radius 3 is 2.19 bits per heavy atom. The summed E-state index contributed by atoms with van der Waals surface area (Å²) in [6.45, 7) is -0.340.